The first-order valence-electron chi connectivity index (χ1n) is 8.21. The number of amides is 2. The molecule has 5 heteroatoms. The zero-order valence-corrected chi connectivity index (χ0v) is 14.8. The highest BCUT2D eigenvalue weighted by Crippen LogP contribution is 2.19. The Balaban J connectivity index is 1.90. The van der Waals surface area contributed by atoms with E-state index in [-0.39, 0.29) is 24.8 Å². The zero-order valence-electron chi connectivity index (χ0n) is 14.8. The molecule has 0 aliphatic heterocycles. The molecule has 2 N–H and O–H groups in total. The van der Waals surface area contributed by atoms with Crippen molar-refractivity contribution < 1.29 is 14.7 Å². The summed E-state index contributed by atoms with van der Waals surface area (Å²) in [6.45, 7) is 3.86. The van der Waals surface area contributed by atoms with E-state index in [1.54, 1.807) is 19.2 Å². The van der Waals surface area contributed by atoms with Crippen molar-refractivity contribution in [2.75, 3.05) is 18.9 Å². The first-order valence-corrected chi connectivity index (χ1v) is 8.21. The molecule has 0 radical (unpaired) electrons. The Bertz CT molecular complexity index is 744. The van der Waals surface area contributed by atoms with Gasteiger partial charge in [0.05, 0.1) is 19.1 Å². The molecule has 0 spiro atoms. The summed E-state index contributed by atoms with van der Waals surface area (Å²) in [5.74, 6) is -0.550. The van der Waals surface area contributed by atoms with Crippen molar-refractivity contribution in [3.63, 3.8) is 0 Å². The van der Waals surface area contributed by atoms with E-state index in [0.717, 1.165) is 16.8 Å². The molecular weight excluding hydrogens is 316 g/mol. The van der Waals surface area contributed by atoms with E-state index < -0.39 is 6.10 Å². The maximum atomic E-state index is 12.2. The number of nitrogens with zero attached hydrogens (tertiary/aromatic N) is 1. The minimum Gasteiger partial charge on any atom is -0.388 e. The Morgan fingerprint density at radius 1 is 1.08 bits per heavy atom. The number of likely N-dealkylation sites (N-methyl/N-ethyl adjacent to an activating group) is 1. The fourth-order valence-corrected chi connectivity index (χ4v) is 2.49. The van der Waals surface area contributed by atoms with Gasteiger partial charge in [-0.3, -0.25) is 9.59 Å². The van der Waals surface area contributed by atoms with Crippen LogP contribution in [0.2, 0.25) is 0 Å². The van der Waals surface area contributed by atoms with E-state index in [2.05, 4.69) is 5.32 Å². The average molecular weight is 340 g/mol. The Kier molecular flexibility index (Phi) is 6.31. The highest BCUT2D eigenvalue weighted by atomic mass is 16.3. The van der Waals surface area contributed by atoms with Crippen molar-refractivity contribution in [1.82, 2.24) is 4.90 Å². The molecule has 2 rings (SSSR count). The number of anilines is 1. The van der Waals surface area contributed by atoms with Crippen LogP contribution in [0.1, 0.15) is 29.2 Å². The number of nitrogens with one attached hydrogen (secondary N) is 1. The quantitative estimate of drug-likeness (QED) is 0.849. The lowest BCUT2D eigenvalue weighted by molar-refractivity contribution is -0.135. The van der Waals surface area contributed by atoms with E-state index in [1.165, 1.54) is 4.90 Å². The van der Waals surface area contributed by atoms with Crippen LogP contribution >= 0.6 is 0 Å². The molecule has 0 bridgehead atoms. The summed E-state index contributed by atoms with van der Waals surface area (Å²) in [6, 6.07) is 14.7. The molecule has 5 nitrogen and oxygen atoms in total. The van der Waals surface area contributed by atoms with Crippen molar-refractivity contribution >= 4 is 17.5 Å². The predicted molar refractivity (Wildman–Crippen MR) is 98.2 cm³/mol. The highest BCUT2D eigenvalue weighted by Gasteiger charge is 2.18. The standard InChI is InChI=1S/C20H24N2O3/c1-14-8-7-11-17(15(14)2)21-19(24)13-22(3)20(25)12-18(23)16-9-5-4-6-10-16/h4-11,18,23H,12-13H2,1-3H3,(H,21,24). The molecule has 132 valence electrons. The smallest absolute Gasteiger partial charge is 0.243 e. The van der Waals surface area contributed by atoms with Crippen LogP contribution in [-0.4, -0.2) is 35.4 Å². The minimum absolute atomic E-state index is 0.0583. The molecule has 0 aliphatic carbocycles. The molecule has 0 aromatic heterocycles. The normalized spacial score (nSPS) is 11.7. The van der Waals surface area contributed by atoms with Gasteiger partial charge in [0.25, 0.3) is 0 Å². The number of aliphatic hydroxyl groups excluding tert-OH is 1. The molecule has 1 unspecified atom stereocenters. The Labute approximate surface area is 148 Å². The Morgan fingerprint density at radius 2 is 1.76 bits per heavy atom. The molecule has 0 aliphatic rings. The third-order valence-corrected chi connectivity index (χ3v) is 4.24. The molecular formula is C20H24N2O3. The summed E-state index contributed by atoms with van der Waals surface area (Å²) in [5, 5.41) is 13.0. The lowest BCUT2D eigenvalue weighted by Crippen LogP contribution is -2.35. The van der Waals surface area contributed by atoms with Crippen LogP contribution < -0.4 is 5.32 Å². The van der Waals surface area contributed by atoms with Gasteiger partial charge in [-0.1, -0.05) is 42.5 Å². The van der Waals surface area contributed by atoms with Crippen LogP contribution in [-0.2, 0) is 9.59 Å². The average Bonchev–Trinajstić information content (AvgIpc) is 2.59. The van der Waals surface area contributed by atoms with Gasteiger partial charge in [0, 0.05) is 12.7 Å². The van der Waals surface area contributed by atoms with E-state index in [9.17, 15) is 14.7 Å². The first kappa shape index (κ1) is 18.7. The van der Waals surface area contributed by atoms with Crippen LogP contribution in [0, 0.1) is 13.8 Å². The SMILES string of the molecule is Cc1cccc(NC(=O)CN(C)C(=O)CC(O)c2ccccc2)c1C. The summed E-state index contributed by atoms with van der Waals surface area (Å²) in [5.41, 5.74) is 3.52. The second-order valence-electron chi connectivity index (χ2n) is 6.18. The van der Waals surface area contributed by atoms with Gasteiger partial charge in [-0.15, -0.1) is 0 Å². The van der Waals surface area contributed by atoms with Crippen molar-refractivity contribution in [2.24, 2.45) is 0 Å². The van der Waals surface area contributed by atoms with Crippen LogP contribution in [0.4, 0.5) is 5.69 Å². The summed E-state index contributed by atoms with van der Waals surface area (Å²) >= 11 is 0. The Hall–Kier alpha value is -2.66. The summed E-state index contributed by atoms with van der Waals surface area (Å²) in [6.07, 6.45) is -0.935. The maximum absolute atomic E-state index is 12.2. The van der Waals surface area contributed by atoms with Gasteiger partial charge in [-0.05, 0) is 36.6 Å². The summed E-state index contributed by atoms with van der Waals surface area (Å²) < 4.78 is 0. The molecule has 0 fully saturated rings. The second-order valence-corrected chi connectivity index (χ2v) is 6.18. The molecule has 2 aromatic carbocycles. The summed E-state index contributed by atoms with van der Waals surface area (Å²) in [7, 11) is 1.56. The third-order valence-electron chi connectivity index (χ3n) is 4.24. The van der Waals surface area contributed by atoms with E-state index in [1.807, 2.05) is 50.2 Å². The Morgan fingerprint density at radius 3 is 2.44 bits per heavy atom. The minimum atomic E-state index is -0.877. The second kappa shape index (κ2) is 8.44. The van der Waals surface area contributed by atoms with Crippen molar-refractivity contribution in [1.29, 1.82) is 0 Å². The van der Waals surface area contributed by atoms with Crippen LogP contribution in [0.15, 0.2) is 48.5 Å². The zero-order chi connectivity index (χ0) is 18.4. The van der Waals surface area contributed by atoms with Gasteiger partial charge >= 0.3 is 0 Å². The molecule has 1 atom stereocenters. The fraction of sp³-hybridized carbons (Fsp3) is 0.300. The van der Waals surface area contributed by atoms with E-state index in [4.69, 9.17) is 0 Å². The van der Waals surface area contributed by atoms with Gasteiger partial charge in [0.2, 0.25) is 11.8 Å². The number of hydrogen-bond acceptors (Lipinski definition) is 3. The number of rotatable bonds is 6. The van der Waals surface area contributed by atoms with Crippen LogP contribution in [0.25, 0.3) is 0 Å². The molecule has 0 heterocycles. The first-order chi connectivity index (χ1) is 11.9. The number of carbonyl (C=O) groups excluding carboxylic acids is 2. The van der Waals surface area contributed by atoms with Crippen molar-refractivity contribution in [3.05, 3.63) is 65.2 Å². The van der Waals surface area contributed by atoms with E-state index in [0.29, 0.717) is 5.56 Å². The number of benzene rings is 2. The van der Waals surface area contributed by atoms with Crippen molar-refractivity contribution in [3.8, 4) is 0 Å². The predicted octanol–water partition coefficient (Wildman–Crippen LogP) is 2.82. The highest BCUT2D eigenvalue weighted by molar-refractivity contribution is 5.95. The molecule has 0 saturated heterocycles. The molecule has 2 amide bonds. The third kappa shape index (κ3) is 5.16. The van der Waals surface area contributed by atoms with Gasteiger partial charge in [0.1, 0.15) is 0 Å². The van der Waals surface area contributed by atoms with Crippen LogP contribution in [0.3, 0.4) is 0 Å². The van der Waals surface area contributed by atoms with Gasteiger partial charge in [-0.2, -0.15) is 0 Å². The fourth-order valence-electron chi connectivity index (χ4n) is 2.49. The topological polar surface area (TPSA) is 69.6 Å². The maximum Gasteiger partial charge on any atom is 0.243 e. The molecule has 25 heavy (non-hydrogen) atoms. The van der Waals surface area contributed by atoms with Gasteiger partial charge in [-0.25, -0.2) is 0 Å². The lowest BCUT2D eigenvalue weighted by Gasteiger charge is -2.19. The number of carbonyl (C=O) groups is 2. The van der Waals surface area contributed by atoms with Gasteiger partial charge in [0.15, 0.2) is 0 Å². The molecule has 0 saturated carbocycles. The lowest BCUT2D eigenvalue weighted by atomic mass is 10.1. The number of aryl methyl sites for hydroxylation is 1. The monoisotopic (exact) mass is 340 g/mol. The summed E-state index contributed by atoms with van der Waals surface area (Å²) in [4.78, 5) is 25.7. The van der Waals surface area contributed by atoms with Crippen LogP contribution in [0.5, 0.6) is 0 Å². The largest absolute Gasteiger partial charge is 0.388 e. The molecule has 2 aromatic rings. The van der Waals surface area contributed by atoms with Crippen molar-refractivity contribution in [2.45, 2.75) is 26.4 Å². The van der Waals surface area contributed by atoms with E-state index >= 15 is 0 Å². The number of hydrogen-bond donors (Lipinski definition) is 2. The van der Waals surface area contributed by atoms with Gasteiger partial charge < -0.3 is 15.3 Å². The number of aliphatic hydroxyl groups is 1.